The summed E-state index contributed by atoms with van der Waals surface area (Å²) in [4.78, 5) is 29.0. The lowest BCUT2D eigenvalue weighted by Crippen LogP contribution is -2.44. The first kappa shape index (κ1) is 20.2. The molecule has 3 aromatic heterocycles. The van der Waals surface area contributed by atoms with E-state index in [-0.39, 0.29) is 11.6 Å². The SMILES string of the molecule is CC#CCn1c(N2CCC[C@@H](N)C2)nc2cnn(Cc3ccc4nccnc4c3)c(=O)c21. The molecule has 0 amide bonds. The van der Waals surface area contributed by atoms with Crippen molar-refractivity contribution in [2.24, 2.45) is 5.73 Å². The summed E-state index contributed by atoms with van der Waals surface area (Å²) in [5.41, 5.74) is 9.60. The Morgan fingerprint density at radius 3 is 2.84 bits per heavy atom. The van der Waals surface area contributed by atoms with Gasteiger partial charge in [0.1, 0.15) is 11.0 Å². The van der Waals surface area contributed by atoms with Crippen LogP contribution in [-0.2, 0) is 13.1 Å². The molecule has 2 N–H and O–H groups in total. The van der Waals surface area contributed by atoms with Crippen LogP contribution in [0.25, 0.3) is 22.1 Å². The number of fused-ring (bicyclic) bond motifs is 2. The molecular formula is C23H24N8O. The van der Waals surface area contributed by atoms with Gasteiger partial charge in [-0.05, 0) is 37.5 Å². The predicted molar refractivity (Wildman–Crippen MR) is 123 cm³/mol. The van der Waals surface area contributed by atoms with Gasteiger partial charge in [-0.2, -0.15) is 5.10 Å². The fourth-order valence-corrected chi connectivity index (χ4v) is 4.21. The van der Waals surface area contributed by atoms with E-state index in [0.29, 0.717) is 30.7 Å². The topological polar surface area (TPSA) is 108 Å². The number of anilines is 1. The van der Waals surface area contributed by atoms with E-state index < -0.39 is 0 Å². The number of aromatic nitrogens is 6. The van der Waals surface area contributed by atoms with Crippen molar-refractivity contribution in [1.82, 2.24) is 29.3 Å². The number of imidazole rings is 1. The van der Waals surface area contributed by atoms with Crippen LogP contribution in [-0.4, -0.2) is 48.4 Å². The van der Waals surface area contributed by atoms with Crippen LogP contribution in [0.2, 0.25) is 0 Å². The number of piperidine rings is 1. The van der Waals surface area contributed by atoms with Crippen molar-refractivity contribution in [2.45, 2.75) is 38.9 Å². The first-order valence-corrected chi connectivity index (χ1v) is 10.7. The van der Waals surface area contributed by atoms with Crippen molar-refractivity contribution >= 4 is 28.0 Å². The monoisotopic (exact) mass is 428 g/mol. The molecular weight excluding hydrogens is 404 g/mol. The molecule has 1 aliphatic rings. The maximum absolute atomic E-state index is 13.5. The summed E-state index contributed by atoms with van der Waals surface area (Å²) in [5.74, 6) is 6.73. The summed E-state index contributed by atoms with van der Waals surface area (Å²) in [6, 6.07) is 5.87. The van der Waals surface area contributed by atoms with Gasteiger partial charge in [-0.15, -0.1) is 5.92 Å². The molecule has 0 aliphatic carbocycles. The average Bonchev–Trinajstić information content (AvgIpc) is 3.19. The molecule has 0 bridgehead atoms. The summed E-state index contributed by atoms with van der Waals surface area (Å²) in [7, 11) is 0. The molecule has 0 unspecified atom stereocenters. The van der Waals surface area contributed by atoms with Crippen molar-refractivity contribution < 1.29 is 0 Å². The fourth-order valence-electron chi connectivity index (χ4n) is 4.21. The molecule has 9 nitrogen and oxygen atoms in total. The molecule has 1 aromatic carbocycles. The number of rotatable bonds is 4. The minimum atomic E-state index is -0.195. The van der Waals surface area contributed by atoms with Crippen molar-refractivity contribution in [3.8, 4) is 11.8 Å². The highest BCUT2D eigenvalue weighted by Gasteiger charge is 2.24. The summed E-state index contributed by atoms with van der Waals surface area (Å²) in [5, 5.41) is 4.39. The van der Waals surface area contributed by atoms with Crippen LogP contribution in [0.4, 0.5) is 5.95 Å². The Bertz CT molecular complexity index is 1410. The van der Waals surface area contributed by atoms with Gasteiger partial charge in [-0.25, -0.2) is 9.67 Å². The normalized spacial score (nSPS) is 16.3. The highest BCUT2D eigenvalue weighted by molar-refractivity contribution is 5.77. The van der Waals surface area contributed by atoms with Crippen LogP contribution < -0.4 is 16.2 Å². The highest BCUT2D eigenvalue weighted by Crippen LogP contribution is 2.23. The van der Waals surface area contributed by atoms with Crippen LogP contribution in [0.15, 0.2) is 41.6 Å². The van der Waals surface area contributed by atoms with E-state index in [9.17, 15) is 4.79 Å². The molecule has 1 atom stereocenters. The molecule has 32 heavy (non-hydrogen) atoms. The van der Waals surface area contributed by atoms with Gasteiger partial charge in [0.2, 0.25) is 5.95 Å². The third kappa shape index (κ3) is 3.69. The van der Waals surface area contributed by atoms with E-state index in [1.54, 1.807) is 25.5 Å². The Kier molecular flexibility index (Phi) is 5.29. The lowest BCUT2D eigenvalue weighted by molar-refractivity contribution is 0.496. The van der Waals surface area contributed by atoms with Crippen molar-refractivity contribution in [3.63, 3.8) is 0 Å². The minimum absolute atomic E-state index is 0.0973. The molecule has 4 heterocycles. The summed E-state index contributed by atoms with van der Waals surface area (Å²) < 4.78 is 3.36. The molecule has 1 saturated heterocycles. The molecule has 162 valence electrons. The Balaban J connectivity index is 1.58. The molecule has 1 fully saturated rings. The number of benzene rings is 1. The average molecular weight is 429 g/mol. The number of nitrogens with zero attached hydrogens (tertiary/aromatic N) is 7. The lowest BCUT2D eigenvalue weighted by Gasteiger charge is -2.31. The lowest BCUT2D eigenvalue weighted by atomic mass is 10.1. The maximum Gasteiger partial charge on any atom is 0.293 e. The zero-order valence-corrected chi connectivity index (χ0v) is 17.9. The predicted octanol–water partition coefficient (Wildman–Crippen LogP) is 1.54. The zero-order chi connectivity index (χ0) is 22.1. The van der Waals surface area contributed by atoms with E-state index in [2.05, 4.69) is 31.8 Å². The van der Waals surface area contributed by atoms with Crippen LogP contribution >= 0.6 is 0 Å². The quantitative estimate of drug-likeness (QED) is 0.491. The number of hydrogen-bond donors (Lipinski definition) is 1. The van der Waals surface area contributed by atoms with Crippen molar-refractivity contribution in [2.75, 3.05) is 18.0 Å². The largest absolute Gasteiger partial charge is 0.341 e. The second kappa shape index (κ2) is 8.40. The van der Waals surface area contributed by atoms with E-state index >= 15 is 0 Å². The molecule has 0 radical (unpaired) electrons. The Labute approximate surface area is 184 Å². The van der Waals surface area contributed by atoms with Gasteiger partial charge < -0.3 is 10.6 Å². The summed E-state index contributed by atoms with van der Waals surface area (Å²) >= 11 is 0. The van der Waals surface area contributed by atoms with E-state index in [0.717, 1.165) is 41.9 Å². The van der Waals surface area contributed by atoms with Gasteiger partial charge in [-0.1, -0.05) is 12.0 Å². The zero-order valence-electron chi connectivity index (χ0n) is 17.9. The summed E-state index contributed by atoms with van der Waals surface area (Å²) in [6.07, 6.45) is 6.97. The first-order valence-electron chi connectivity index (χ1n) is 10.7. The Morgan fingerprint density at radius 2 is 2.03 bits per heavy atom. The second-order valence-corrected chi connectivity index (χ2v) is 7.99. The minimum Gasteiger partial charge on any atom is -0.341 e. The second-order valence-electron chi connectivity index (χ2n) is 7.99. The highest BCUT2D eigenvalue weighted by atomic mass is 16.1. The third-order valence-electron chi connectivity index (χ3n) is 5.75. The first-order chi connectivity index (χ1) is 15.6. The Hall–Kier alpha value is -3.77. The molecule has 9 heteroatoms. The molecule has 0 saturated carbocycles. The van der Waals surface area contributed by atoms with Gasteiger partial charge in [0, 0.05) is 31.5 Å². The van der Waals surface area contributed by atoms with Gasteiger partial charge in [0.05, 0.1) is 30.3 Å². The summed E-state index contributed by atoms with van der Waals surface area (Å²) in [6.45, 7) is 4.08. The van der Waals surface area contributed by atoms with Gasteiger partial charge in [0.25, 0.3) is 5.56 Å². The van der Waals surface area contributed by atoms with E-state index in [1.807, 2.05) is 22.8 Å². The fraction of sp³-hybridized carbons (Fsp3) is 0.348. The third-order valence-corrected chi connectivity index (χ3v) is 5.75. The number of hydrogen-bond acceptors (Lipinski definition) is 7. The van der Waals surface area contributed by atoms with Gasteiger partial charge in [-0.3, -0.25) is 19.3 Å². The molecule has 5 rings (SSSR count). The number of nitrogens with two attached hydrogens (primary N) is 1. The van der Waals surface area contributed by atoms with Crippen molar-refractivity contribution in [1.29, 1.82) is 0 Å². The molecule has 0 spiro atoms. The smallest absolute Gasteiger partial charge is 0.293 e. The molecule has 4 aromatic rings. The van der Waals surface area contributed by atoms with Crippen molar-refractivity contribution in [3.05, 3.63) is 52.7 Å². The van der Waals surface area contributed by atoms with E-state index in [4.69, 9.17) is 10.7 Å². The molecule has 1 aliphatic heterocycles. The van der Waals surface area contributed by atoms with E-state index in [1.165, 1.54) is 4.68 Å². The van der Waals surface area contributed by atoms with Crippen LogP contribution in [0.1, 0.15) is 25.3 Å². The Morgan fingerprint density at radius 1 is 1.19 bits per heavy atom. The van der Waals surface area contributed by atoms with Crippen LogP contribution in [0, 0.1) is 11.8 Å². The van der Waals surface area contributed by atoms with Gasteiger partial charge in [0.15, 0.2) is 0 Å². The van der Waals surface area contributed by atoms with Gasteiger partial charge >= 0.3 is 0 Å². The van der Waals surface area contributed by atoms with Crippen LogP contribution in [0.5, 0.6) is 0 Å². The maximum atomic E-state index is 13.5. The standard InChI is InChI=1S/C23H24N8O/c1-2-3-11-30-21-20(28-23(30)29-10-4-5-17(24)15-29)13-27-31(22(21)32)14-16-6-7-18-19(12-16)26-9-8-25-18/h6-9,12-13,17H,4-5,10-11,14-15,24H2,1H3/t17-/m1/s1. The van der Waals surface area contributed by atoms with Crippen LogP contribution in [0.3, 0.4) is 0 Å².